The van der Waals surface area contributed by atoms with Gasteiger partial charge in [-0.05, 0) is 91.9 Å². The fraction of sp³-hybridized carbons (Fsp3) is 0.268. The first-order chi connectivity index (χ1) is 26.0. The fourth-order valence-corrected chi connectivity index (χ4v) is 9.65. The number of imide groups is 2. The van der Waals surface area contributed by atoms with Crippen LogP contribution in [-0.4, -0.2) is 47.5 Å². The van der Waals surface area contributed by atoms with Crippen molar-refractivity contribution in [3.05, 3.63) is 123 Å². The number of nitrogens with zero attached hydrogens (tertiary/aromatic N) is 2. The minimum absolute atomic E-state index is 0.0615. The third kappa shape index (κ3) is 5.37. The number of carbonyl (C=O) groups excluding carboxylic acids is 4. The van der Waals surface area contributed by atoms with Crippen LogP contribution in [0, 0.1) is 23.7 Å². The van der Waals surface area contributed by atoms with Crippen molar-refractivity contribution in [3.8, 4) is 17.2 Å². The molecule has 2 N–H and O–H groups in total. The molecule has 4 aliphatic rings. The number of nitrogens with one attached hydrogen (secondary N) is 1. The summed E-state index contributed by atoms with van der Waals surface area (Å²) in [5.41, 5.74) is 3.53. The van der Waals surface area contributed by atoms with Crippen LogP contribution in [0.3, 0.4) is 0 Å². The molecule has 8 rings (SSSR count). The Hall–Kier alpha value is -5.03. The Morgan fingerprint density at radius 2 is 1.59 bits per heavy atom. The second kappa shape index (κ2) is 13.7. The molecule has 2 heterocycles. The van der Waals surface area contributed by atoms with Gasteiger partial charge in [-0.1, -0.05) is 70.7 Å². The molecule has 6 atom stereocenters. The molecule has 0 spiro atoms. The number of halogens is 3. The summed E-state index contributed by atoms with van der Waals surface area (Å²) in [5.74, 6) is -5.56. The fourth-order valence-electron chi connectivity index (χ4n) is 9.08. The van der Waals surface area contributed by atoms with Crippen LogP contribution < -0.4 is 19.8 Å². The number of benzene rings is 4. The van der Waals surface area contributed by atoms with Gasteiger partial charge in [0, 0.05) is 21.5 Å². The Kier molecular flexibility index (Phi) is 9.11. The molecule has 54 heavy (non-hydrogen) atoms. The third-order valence-electron chi connectivity index (χ3n) is 11.3. The Morgan fingerprint density at radius 1 is 0.870 bits per heavy atom. The van der Waals surface area contributed by atoms with Gasteiger partial charge in [0.1, 0.15) is 5.75 Å². The van der Waals surface area contributed by atoms with Crippen molar-refractivity contribution in [2.45, 2.75) is 31.1 Å². The van der Waals surface area contributed by atoms with Crippen molar-refractivity contribution in [3.63, 3.8) is 0 Å². The van der Waals surface area contributed by atoms with E-state index in [9.17, 15) is 19.5 Å². The summed E-state index contributed by atoms with van der Waals surface area (Å²) >= 11 is 18.9. The molecule has 276 valence electrons. The van der Waals surface area contributed by atoms with Gasteiger partial charge in [-0.25, -0.2) is 0 Å². The van der Waals surface area contributed by atoms with Gasteiger partial charge in [0.15, 0.2) is 11.5 Å². The van der Waals surface area contributed by atoms with E-state index in [4.69, 9.17) is 44.3 Å². The summed E-state index contributed by atoms with van der Waals surface area (Å²) in [4.78, 5) is 60.2. The molecule has 3 fully saturated rings. The van der Waals surface area contributed by atoms with Gasteiger partial charge < -0.3 is 14.6 Å². The number of rotatable bonds is 8. The average Bonchev–Trinajstić information content (AvgIpc) is 3.55. The highest BCUT2D eigenvalue weighted by molar-refractivity contribution is 6.36. The average molecular weight is 787 g/mol. The number of methoxy groups -OCH3 is 1. The number of fused-ring (bicyclic) bond motifs is 4. The van der Waals surface area contributed by atoms with Gasteiger partial charge in [-0.15, -0.1) is 0 Å². The maximum atomic E-state index is 15.5. The molecule has 4 aromatic carbocycles. The van der Waals surface area contributed by atoms with E-state index >= 15 is 4.79 Å². The lowest BCUT2D eigenvalue weighted by molar-refractivity contribution is -0.138. The zero-order valence-electron chi connectivity index (χ0n) is 29.1. The summed E-state index contributed by atoms with van der Waals surface area (Å²) in [6, 6.07) is 23.2. The molecule has 1 saturated carbocycles. The number of para-hydroxylation sites is 1. The first-order valence-corrected chi connectivity index (χ1v) is 18.7. The van der Waals surface area contributed by atoms with E-state index < -0.39 is 52.7 Å². The molecular weight excluding hydrogens is 753 g/mol. The number of carbonyl (C=O) groups is 4. The number of amides is 4. The number of phenols is 1. The maximum absolute atomic E-state index is 15.5. The molecule has 0 bridgehead atoms. The topological polar surface area (TPSA) is 125 Å². The van der Waals surface area contributed by atoms with Crippen LogP contribution in [-0.2, 0) is 24.6 Å². The van der Waals surface area contributed by atoms with Gasteiger partial charge in [0.05, 0.1) is 53.3 Å². The van der Waals surface area contributed by atoms with Crippen LogP contribution in [0.5, 0.6) is 17.2 Å². The van der Waals surface area contributed by atoms with Gasteiger partial charge in [0.2, 0.25) is 11.8 Å². The number of anilines is 2. The predicted molar refractivity (Wildman–Crippen MR) is 204 cm³/mol. The lowest BCUT2D eigenvalue weighted by atomic mass is 9.49. The van der Waals surface area contributed by atoms with Crippen LogP contribution in [0.2, 0.25) is 15.1 Å². The van der Waals surface area contributed by atoms with E-state index in [1.54, 1.807) is 85.8 Å². The number of hydrogen-bond donors (Lipinski definition) is 2. The Bertz CT molecular complexity index is 2250. The lowest BCUT2D eigenvalue weighted by Gasteiger charge is -2.50. The van der Waals surface area contributed by atoms with Gasteiger partial charge in [-0.3, -0.25) is 29.5 Å². The summed E-state index contributed by atoms with van der Waals surface area (Å²) in [5, 5.41) is 14.0. The Labute approximate surface area is 326 Å². The Balaban J connectivity index is 1.35. The minimum Gasteiger partial charge on any atom is -0.504 e. The molecule has 0 aromatic heterocycles. The van der Waals surface area contributed by atoms with Crippen molar-refractivity contribution < 1.29 is 33.8 Å². The molecule has 13 heteroatoms. The zero-order chi connectivity index (χ0) is 38.1. The number of aromatic hydroxyl groups is 1. The SMILES string of the molecule is CCOc1cccc(C2C3=CCC4C(=O)N(c5ccc(Cl)cc5)C(=O)C4C3CC3C(=O)N(Nc4ccc(Cl)cc4Cl)C(=O)C32c2ccc(OC)cc2)c1O. The van der Waals surface area contributed by atoms with Crippen molar-refractivity contribution in [1.29, 1.82) is 0 Å². The van der Waals surface area contributed by atoms with Crippen molar-refractivity contribution >= 4 is 69.8 Å². The molecule has 4 aromatic rings. The zero-order valence-corrected chi connectivity index (χ0v) is 31.4. The van der Waals surface area contributed by atoms with Gasteiger partial charge in [0.25, 0.3) is 11.8 Å². The van der Waals surface area contributed by atoms with Crippen LogP contribution >= 0.6 is 34.8 Å². The maximum Gasteiger partial charge on any atom is 0.260 e. The highest BCUT2D eigenvalue weighted by atomic mass is 35.5. The molecular formula is C41H34Cl3N3O7. The lowest BCUT2D eigenvalue weighted by Crippen LogP contribution is -2.53. The standard InChI is InChI=1S/C41H34Cl3N3O7/c1-3-54-33-6-4-5-28(36(33)48)35-26-16-17-27-34(39(51)46(37(27)49)24-12-9-22(42)10-13-24)29(26)20-30-38(50)47(45-32-18-11-23(43)19-31(32)44)40(52)41(30,35)21-7-14-25(53-2)15-8-21/h4-16,18-19,27,29-30,34-35,45,48H,3,17,20H2,1-2H3. The first-order valence-electron chi connectivity index (χ1n) is 17.5. The van der Waals surface area contributed by atoms with Crippen LogP contribution in [0.1, 0.15) is 36.8 Å². The second-order valence-corrected chi connectivity index (χ2v) is 15.1. The quantitative estimate of drug-likeness (QED) is 0.136. The molecule has 2 aliphatic heterocycles. The smallest absolute Gasteiger partial charge is 0.260 e. The molecule has 2 saturated heterocycles. The summed E-state index contributed by atoms with van der Waals surface area (Å²) in [7, 11) is 1.53. The molecule has 2 aliphatic carbocycles. The normalized spacial score (nSPS) is 25.9. The van der Waals surface area contributed by atoms with Crippen LogP contribution in [0.4, 0.5) is 11.4 Å². The highest BCUT2D eigenvalue weighted by Gasteiger charge is 2.70. The minimum atomic E-state index is -1.64. The second-order valence-electron chi connectivity index (χ2n) is 13.8. The van der Waals surface area contributed by atoms with E-state index in [0.29, 0.717) is 38.2 Å². The number of ether oxygens (including phenoxy) is 2. The summed E-state index contributed by atoms with van der Waals surface area (Å²) in [6.07, 6.45) is 2.19. The highest BCUT2D eigenvalue weighted by Crippen LogP contribution is 2.65. The number of allylic oxidation sites excluding steroid dienone is 2. The van der Waals surface area contributed by atoms with E-state index in [1.165, 1.54) is 18.1 Å². The van der Waals surface area contributed by atoms with Crippen molar-refractivity contribution in [2.24, 2.45) is 23.7 Å². The van der Waals surface area contributed by atoms with Gasteiger partial charge in [-0.2, -0.15) is 5.01 Å². The number of phenolic OH excluding ortho intramolecular Hbond substituents is 1. The van der Waals surface area contributed by atoms with E-state index in [1.807, 2.05) is 6.08 Å². The number of hydrogen-bond acceptors (Lipinski definition) is 8. The van der Waals surface area contributed by atoms with Crippen LogP contribution in [0.25, 0.3) is 0 Å². The largest absolute Gasteiger partial charge is 0.504 e. The van der Waals surface area contributed by atoms with E-state index in [-0.39, 0.29) is 47.6 Å². The predicted octanol–water partition coefficient (Wildman–Crippen LogP) is 7.95. The Morgan fingerprint density at radius 3 is 2.28 bits per heavy atom. The van der Waals surface area contributed by atoms with Crippen LogP contribution in [0.15, 0.2) is 96.6 Å². The molecule has 6 unspecified atom stereocenters. The first kappa shape index (κ1) is 36.0. The van der Waals surface area contributed by atoms with E-state index in [0.717, 1.165) is 5.01 Å². The third-order valence-corrected chi connectivity index (χ3v) is 12.1. The summed E-state index contributed by atoms with van der Waals surface area (Å²) in [6.45, 7) is 2.05. The monoisotopic (exact) mass is 785 g/mol. The molecule has 4 amide bonds. The number of hydrazine groups is 1. The molecule has 10 nitrogen and oxygen atoms in total. The van der Waals surface area contributed by atoms with Crippen molar-refractivity contribution in [2.75, 3.05) is 24.0 Å². The summed E-state index contributed by atoms with van der Waals surface area (Å²) < 4.78 is 11.3. The van der Waals surface area contributed by atoms with Crippen molar-refractivity contribution in [1.82, 2.24) is 5.01 Å². The molecule has 0 radical (unpaired) electrons. The van der Waals surface area contributed by atoms with E-state index in [2.05, 4.69) is 5.43 Å². The van der Waals surface area contributed by atoms with Gasteiger partial charge >= 0.3 is 0 Å².